The van der Waals surface area contributed by atoms with E-state index in [1.54, 1.807) is 12.5 Å². The lowest BCUT2D eigenvalue weighted by molar-refractivity contribution is 0.126. The molecule has 0 saturated carbocycles. The number of aliphatic hydroxyl groups is 1. The van der Waals surface area contributed by atoms with Gasteiger partial charge in [0.25, 0.3) is 0 Å². The first-order chi connectivity index (χ1) is 8.27. The summed E-state index contributed by atoms with van der Waals surface area (Å²) in [6, 6.07) is 8.16. The Morgan fingerprint density at radius 2 is 2.29 bits per heavy atom. The van der Waals surface area contributed by atoms with E-state index < -0.39 is 6.10 Å². The molecule has 4 heteroatoms. The van der Waals surface area contributed by atoms with E-state index in [2.05, 4.69) is 22.4 Å². The van der Waals surface area contributed by atoms with E-state index in [9.17, 15) is 5.11 Å². The SMILES string of the molecule is Cn1cncc1C(O)C1NCc2ccccc21. The van der Waals surface area contributed by atoms with Crippen LogP contribution in [-0.2, 0) is 13.6 Å². The summed E-state index contributed by atoms with van der Waals surface area (Å²) in [6.45, 7) is 0.815. The zero-order valence-electron chi connectivity index (χ0n) is 9.67. The Labute approximate surface area is 99.9 Å². The first-order valence-electron chi connectivity index (χ1n) is 5.73. The van der Waals surface area contributed by atoms with Gasteiger partial charge in [-0.2, -0.15) is 0 Å². The Morgan fingerprint density at radius 3 is 3.06 bits per heavy atom. The van der Waals surface area contributed by atoms with Gasteiger partial charge in [-0.1, -0.05) is 24.3 Å². The highest BCUT2D eigenvalue weighted by molar-refractivity contribution is 5.35. The molecule has 1 aromatic heterocycles. The highest BCUT2D eigenvalue weighted by Gasteiger charge is 2.30. The topological polar surface area (TPSA) is 50.1 Å². The second-order valence-corrected chi connectivity index (χ2v) is 4.43. The van der Waals surface area contributed by atoms with E-state index in [0.29, 0.717) is 0 Å². The first kappa shape index (κ1) is 10.5. The average molecular weight is 229 g/mol. The molecular weight excluding hydrogens is 214 g/mol. The summed E-state index contributed by atoms with van der Waals surface area (Å²) in [5.74, 6) is 0. The molecule has 17 heavy (non-hydrogen) atoms. The van der Waals surface area contributed by atoms with E-state index in [0.717, 1.165) is 12.2 Å². The minimum atomic E-state index is -0.564. The summed E-state index contributed by atoms with van der Waals surface area (Å²) in [7, 11) is 1.90. The molecule has 3 rings (SSSR count). The fraction of sp³-hybridized carbons (Fsp3) is 0.308. The summed E-state index contributed by atoms with van der Waals surface area (Å²) in [5.41, 5.74) is 3.28. The lowest BCUT2D eigenvalue weighted by Gasteiger charge is -2.19. The molecule has 2 N–H and O–H groups in total. The van der Waals surface area contributed by atoms with Gasteiger partial charge in [-0.15, -0.1) is 0 Å². The molecule has 0 amide bonds. The van der Waals surface area contributed by atoms with Gasteiger partial charge in [0.1, 0.15) is 6.10 Å². The zero-order chi connectivity index (χ0) is 11.8. The van der Waals surface area contributed by atoms with Crippen LogP contribution in [0.3, 0.4) is 0 Å². The fourth-order valence-electron chi connectivity index (χ4n) is 2.43. The second-order valence-electron chi connectivity index (χ2n) is 4.43. The van der Waals surface area contributed by atoms with Gasteiger partial charge in [-0.05, 0) is 11.1 Å². The molecule has 0 aliphatic carbocycles. The molecule has 0 saturated heterocycles. The molecule has 2 unspecified atom stereocenters. The van der Waals surface area contributed by atoms with Crippen molar-refractivity contribution < 1.29 is 5.11 Å². The van der Waals surface area contributed by atoms with Crippen molar-refractivity contribution in [1.29, 1.82) is 0 Å². The van der Waals surface area contributed by atoms with Gasteiger partial charge >= 0.3 is 0 Å². The van der Waals surface area contributed by atoms with Gasteiger partial charge in [0.05, 0.1) is 24.3 Å². The maximum Gasteiger partial charge on any atom is 0.115 e. The molecule has 0 fully saturated rings. The fourth-order valence-corrected chi connectivity index (χ4v) is 2.43. The van der Waals surface area contributed by atoms with Crippen LogP contribution in [0.5, 0.6) is 0 Å². The van der Waals surface area contributed by atoms with Gasteiger partial charge < -0.3 is 15.0 Å². The molecule has 0 bridgehead atoms. The summed E-state index contributed by atoms with van der Waals surface area (Å²) >= 11 is 0. The number of aryl methyl sites for hydroxylation is 1. The summed E-state index contributed by atoms with van der Waals surface area (Å²) < 4.78 is 1.85. The molecule has 1 aliphatic heterocycles. The monoisotopic (exact) mass is 229 g/mol. The number of nitrogens with one attached hydrogen (secondary N) is 1. The number of fused-ring (bicyclic) bond motifs is 1. The third kappa shape index (κ3) is 1.66. The molecule has 1 aromatic carbocycles. The van der Waals surface area contributed by atoms with Gasteiger partial charge in [-0.25, -0.2) is 4.98 Å². The van der Waals surface area contributed by atoms with E-state index in [-0.39, 0.29) is 6.04 Å². The normalized spacial score (nSPS) is 20.2. The molecule has 4 nitrogen and oxygen atoms in total. The summed E-state index contributed by atoms with van der Waals surface area (Å²) in [6.07, 6.45) is 2.86. The Kier molecular flexibility index (Phi) is 2.46. The second kappa shape index (κ2) is 3.98. The zero-order valence-corrected chi connectivity index (χ0v) is 9.67. The number of nitrogens with zero attached hydrogens (tertiary/aromatic N) is 2. The van der Waals surface area contributed by atoms with Crippen molar-refractivity contribution in [3.63, 3.8) is 0 Å². The van der Waals surface area contributed by atoms with Crippen LogP contribution in [-0.4, -0.2) is 14.7 Å². The van der Waals surface area contributed by atoms with Crippen molar-refractivity contribution in [1.82, 2.24) is 14.9 Å². The predicted molar refractivity (Wildman–Crippen MR) is 64.2 cm³/mol. The van der Waals surface area contributed by atoms with Crippen LogP contribution in [0, 0.1) is 0 Å². The van der Waals surface area contributed by atoms with Crippen LogP contribution >= 0.6 is 0 Å². The molecular formula is C13H15N3O. The smallest absolute Gasteiger partial charge is 0.115 e. The summed E-state index contributed by atoms with van der Waals surface area (Å²) in [5, 5.41) is 13.8. The van der Waals surface area contributed by atoms with Crippen molar-refractivity contribution in [2.24, 2.45) is 7.05 Å². The molecule has 0 radical (unpaired) electrons. The third-order valence-electron chi connectivity index (χ3n) is 3.38. The van der Waals surface area contributed by atoms with Crippen LogP contribution in [0.25, 0.3) is 0 Å². The average Bonchev–Trinajstić information content (AvgIpc) is 2.94. The Bertz CT molecular complexity index is 535. The van der Waals surface area contributed by atoms with Crippen LogP contribution in [0.4, 0.5) is 0 Å². The van der Waals surface area contributed by atoms with Gasteiger partial charge in [0.15, 0.2) is 0 Å². The first-order valence-corrected chi connectivity index (χ1v) is 5.73. The molecule has 2 aromatic rings. The van der Waals surface area contributed by atoms with Crippen LogP contribution < -0.4 is 5.32 Å². The Hall–Kier alpha value is -1.65. The van der Waals surface area contributed by atoms with Crippen LogP contribution in [0.1, 0.15) is 29.0 Å². The van der Waals surface area contributed by atoms with Crippen molar-refractivity contribution in [2.75, 3.05) is 0 Å². The van der Waals surface area contributed by atoms with Crippen LogP contribution in [0.15, 0.2) is 36.8 Å². The highest BCUT2D eigenvalue weighted by atomic mass is 16.3. The quantitative estimate of drug-likeness (QED) is 0.816. The van der Waals surface area contributed by atoms with Gasteiger partial charge in [0, 0.05) is 13.6 Å². The van der Waals surface area contributed by atoms with E-state index >= 15 is 0 Å². The number of rotatable bonds is 2. The van der Waals surface area contributed by atoms with Gasteiger partial charge in [0.2, 0.25) is 0 Å². The van der Waals surface area contributed by atoms with E-state index in [4.69, 9.17) is 0 Å². The largest absolute Gasteiger partial charge is 0.385 e. The Morgan fingerprint density at radius 1 is 1.47 bits per heavy atom. The van der Waals surface area contributed by atoms with Crippen molar-refractivity contribution in [2.45, 2.75) is 18.7 Å². The molecule has 0 spiro atoms. The lowest BCUT2D eigenvalue weighted by atomic mass is 9.99. The Balaban J connectivity index is 1.95. The minimum absolute atomic E-state index is 0.0402. The maximum atomic E-state index is 10.4. The van der Waals surface area contributed by atoms with Gasteiger partial charge in [-0.3, -0.25) is 0 Å². The van der Waals surface area contributed by atoms with Crippen molar-refractivity contribution >= 4 is 0 Å². The van der Waals surface area contributed by atoms with E-state index in [1.165, 1.54) is 11.1 Å². The standard InChI is InChI=1S/C13H15N3O/c1-16-8-14-7-11(16)13(17)12-10-5-3-2-4-9(10)6-15-12/h2-5,7-8,12-13,15,17H,6H2,1H3. The van der Waals surface area contributed by atoms with Crippen molar-refractivity contribution in [3.05, 3.63) is 53.6 Å². The number of aromatic nitrogens is 2. The molecule has 88 valence electrons. The maximum absolute atomic E-state index is 10.4. The predicted octanol–water partition coefficient (Wildman–Crippen LogP) is 1.30. The number of hydrogen-bond acceptors (Lipinski definition) is 3. The van der Waals surface area contributed by atoms with Crippen LogP contribution in [0.2, 0.25) is 0 Å². The number of hydrogen-bond donors (Lipinski definition) is 2. The number of imidazole rings is 1. The molecule has 2 heterocycles. The molecule has 2 atom stereocenters. The van der Waals surface area contributed by atoms with Crippen molar-refractivity contribution in [3.8, 4) is 0 Å². The number of benzene rings is 1. The third-order valence-corrected chi connectivity index (χ3v) is 3.38. The summed E-state index contributed by atoms with van der Waals surface area (Å²) in [4.78, 5) is 4.05. The molecule has 1 aliphatic rings. The van der Waals surface area contributed by atoms with E-state index in [1.807, 2.05) is 23.7 Å². The number of aliphatic hydroxyl groups excluding tert-OH is 1. The minimum Gasteiger partial charge on any atom is -0.385 e. The lowest BCUT2D eigenvalue weighted by Crippen LogP contribution is -2.21. The highest BCUT2D eigenvalue weighted by Crippen LogP contribution is 2.34.